The van der Waals surface area contributed by atoms with E-state index in [0.29, 0.717) is 22.3 Å². The van der Waals surface area contributed by atoms with Crippen molar-refractivity contribution in [3.05, 3.63) is 193 Å². The first-order valence-corrected chi connectivity index (χ1v) is 18.0. The number of hydrogen-bond acceptors (Lipinski definition) is 2. The molecule has 0 saturated heterocycles. The molecule has 2 aromatic heterocycles. The van der Waals surface area contributed by atoms with Crippen LogP contribution < -0.4 is 0 Å². The van der Waals surface area contributed by atoms with Crippen LogP contribution in [0.4, 0.5) is 0 Å². The SMILES string of the molecule is N#Cc1ccc(-n2c3ccccc3c3cc(-c4ccccc4)ccc32)cc1-c1cc(-n2c3ccccc3c3cc(-c4ccccc4)ccc32)ccc1C#N. The van der Waals surface area contributed by atoms with Gasteiger partial charge in [-0.1, -0.05) is 109 Å². The highest BCUT2D eigenvalue weighted by Gasteiger charge is 2.19. The number of hydrogen-bond donors (Lipinski definition) is 0. The molecule has 0 spiro atoms. The quantitative estimate of drug-likeness (QED) is 0.181. The van der Waals surface area contributed by atoms with Crippen LogP contribution in [0.1, 0.15) is 11.1 Å². The third-order valence-corrected chi connectivity index (χ3v) is 10.6. The van der Waals surface area contributed by atoms with E-state index >= 15 is 0 Å². The van der Waals surface area contributed by atoms with Gasteiger partial charge in [-0.15, -0.1) is 0 Å². The number of nitriles is 2. The summed E-state index contributed by atoms with van der Waals surface area (Å²) in [6.45, 7) is 0. The van der Waals surface area contributed by atoms with Crippen molar-refractivity contribution in [3.8, 4) is 56.9 Å². The van der Waals surface area contributed by atoms with Crippen molar-refractivity contribution in [1.82, 2.24) is 9.13 Å². The zero-order chi connectivity index (χ0) is 36.2. The van der Waals surface area contributed by atoms with E-state index in [1.165, 1.54) is 11.1 Å². The molecule has 54 heavy (non-hydrogen) atoms. The molecule has 4 heteroatoms. The molecular formula is C50H30N4. The third kappa shape index (κ3) is 4.90. The number of rotatable bonds is 5. The Balaban J connectivity index is 1.17. The molecule has 0 radical (unpaired) electrons. The molecule has 0 aliphatic rings. The molecule has 10 rings (SSSR count). The lowest BCUT2D eigenvalue weighted by atomic mass is 9.95. The Labute approximate surface area is 312 Å². The van der Waals surface area contributed by atoms with Crippen molar-refractivity contribution in [2.75, 3.05) is 0 Å². The summed E-state index contributed by atoms with van der Waals surface area (Å²) in [6.07, 6.45) is 0. The largest absolute Gasteiger partial charge is 0.309 e. The molecule has 0 unspecified atom stereocenters. The Morgan fingerprint density at radius 2 is 0.704 bits per heavy atom. The molecule has 0 saturated carbocycles. The molecule has 0 bridgehead atoms. The summed E-state index contributed by atoms with van der Waals surface area (Å²) in [5.74, 6) is 0. The fourth-order valence-electron chi connectivity index (χ4n) is 8.11. The lowest BCUT2D eigenvalue weighted by Crippen LogP contribution is -1.99. The van der Waals surface area contributed by atoms with E-state index in [9.17, 15) is 10.5 Å². The molecule has 10 aromatic rings. The van der Waals surface area contributed by atoms with E-state index in [0.717, 1.165) is 66.1 Å². The van der Waals surface area contributed by atoms with Crippen molar-refractivity contribution < 1.29 is 0 Å². The number of fused-ring (bicyclic) bond motifs is 6. The molecule has 4 nitrogen and oxygen atoms in total. The van der Waals surface area contributed by atoms with E-state index in [1.54, 1.807) is 0 Å². The van der Waals surface area contributed by atoms with Crippen molar-refractivity contribution in [2.24, 2.45) is 0 Å². The van der Waals surface area contributed by atoms with Gasteiger partial charge in [0.25, 0.3) is 0 Å². The highest BCUT2D eigenvalue weighted by atomic mass is 15.0. The summed E-state index contributed by atoms with van der Waals surface area (Å²) in [5, 5.41) is 25.5. The fourth-order valence-corrected chi connectivity index (χ4v) is 8.11. The van der Waals surface area contributed by atoms with Gasteiger partial charge in [0.2, 0.25) is 0 Å². The maximum atomic E-state index is 10.5. The Kier molecular flexibility index (Phi) is 7.22. The van der Waals surface area contributed by atoms with Crippen LogP contribution >= 0.6 is 0 Å². The Bertz CT molecular complexity index is 2950. The molecule has 0 aliphatic carbocycles. The molecule has 0 N–H and O–H groups in total. The van der Waals surface area contributed by atoms with E-state index in [1.807, 2.05) is 36.4 Å². The highest BCUT2D eigenvalue weighted by Crippen LogP contribution is 2.39. The van der Waals surface area contributed by atoms with Gasteiger partial charge in [0.15, 0.2) is 0 Å². The first kappa shape index (κ1) is 31.1. The molecular weight excluding hydrogens is 657 g/mol. The van der Waals surface area contributed by atoms with Crippen LogP contribution in [0.3, 0.4) is 0 Å². The monoisotopic (exact) mass is 686 g/mol. The lowest BCUT2D eigenvalue weighted by molar-refractivity contribution is 1.17. The van der Waals surface area contributed by atoms with E-state index in [2.05, 4.69) is 167 Å². The summed E-state index contributed by atoms with van der Waals surface area (Å²) in [7, 11) is 0. The van der Waals surface area contributed by atoms with Crippen molar-refractivity contribution in [3.63, 3.8) is 0 Å². The summed E-state index contributed by atoms with van der Waals surface area (Å²) in [6, 6.07) is 67.7. The predicted octanol–water partition coefficient (Wildman–Crippen LogP) is 12.6. The van der Waals surface area contributed by atoms with Crippen LogP contribution in [0.25, 0.3) is 88.4 Å². The zero-order valence-electron chi connectivity index (χ0n) is 29.1. The number of benzene rings is 8. The van der Waals surface area contributed by atoms with Crippen molar-refractivity contribution >= 4 is 43.6 Å². The topological polar surface area (TPSA) is 57.4 Å². The number of nitrogens with zero attached hydrogens (tertiary/aromatic N) is 4. The van der Waals surface area contributed by atoms with Gasteiger partial charge >= 0.3 is 0 Å². The van der Waals surface area contributed by atoms with Crippen LogP contribution in [-0.4, -0.2) is 9.13 Å². The van der Waals surface area contributed by atoms with Gasteiger partial charge in [-0.25, -0.2) is 0 Å². The molecule has 8 aromatic carbocycles. The van der Waals surface area contributed by atoms with Gasteiger partial charge in [-0.3, -0.25) is 0 Å². The van der Waals surface area contributed by atoms with Crippen LogP contribution in [0.2, 0.25) is 0 Å². The first-order valence-electron chi connectivity index (χ1n) is 18.0. The molecule has 0 amide bonds. The zero-order valence-corrected chi connectivity index (χ0v) is 29.1. The predicted molar refractivity (Wildman–Crippen MR) is 221 cm³/mol. The summed E-state index contributed by atoms with van der Waals surface area (Å²) in [4.78, 5) is 0. The maximum absolute atomic E-state index is 10.5. The average molecular weight is 687 g/mol. The average Bonchev–Trinajstić information content (AvgIpc) is 3.76. The highest BCUT2D eigenvalue weighted by molar-refractivity contribution is 6.11. The molecule has 2 heterocycles. The first-order chi connectivity index (χ1) is 26.7. The van der Waals surface area contributed by atoms with E-state index < -0.39 is 0 Å². The molecule has 0 aliphatic heterocycles. The fraction of sp³-hybridized carbons (Fsp3) is 0. The molecule has 250 valence electrons. The second-order valence-electron chi connectivity index (χ2n) is 13.6. The number of para-hydroxylation sites is 2. The Morgan fingerprint density at radius 1 is 0.315 bits per heavy atom. The second kappa shape index (κ2) is 12.5. The van der Waals surface area contributed by atoms with Gasteiger partial charge in [0.1, 0.15) is 0 Å². The lowest BCUT2D eigenvalue weighted by Gasteiger charge is -2.15. The normalized spacial score (nSPS) is 11.3. The Morgan fingerprint density at radius 3 is 1.13 bits per heavy atom. The second-order valence-corrected chi connectivity index (χ2v) is 13.6. The smallest absolute Gasteiger partial charge is 0.0998 e. The summed E-state index contributed by atoms with van der Waals surface area (Å²) in [5.41, 5.74) is 13.2. The minimum atomic E-state index is 0.509. The number of aromatic nitrogens is 2. The molecule has 0 atom stereocenters. The van der Waals surface area contributed by atoms with Crippen molar-refractivity contribution in [2.45, 2.75) is 0 Å². The van der Waals surface area contributed by atoms with Crippen LogP contribution in [-0.2, 0) is 0 Å². The van der Waals surface area contributed by atoms with Gasteiger partial charge in [0, 0.05) is 44.0 Å². The summed E-state index contributed by atoms with van der Waals surface area (Å²) >= 11 is 0. The standard InChI is InChI=1S/C50H30N4/c51-31-37-19-23-39(53-47-17-9-7-15-41(47)45-27-35(21-25-49(45)53)33-11-3-1-4-12-33)29-43(37)44-30-40(24-20-38(44)32-52)54-48-18-10-8-16-42(48)46-28-36(22-26-50(46)54)34-13-5-2-6-14-34/h1-30H. The minimum Gasteiger partial charge on any atom is -0.309 e. The Hall–Kier alpha value is -7.66. The van der Waals surface area contributed by atoms with E-state index in [4.69, 9.17) is 0 Å². The van der Waals surface area contributed by atoms with Gasteiger partial charge in [-0.05, 0) is 95.1 Å². The van der Waals surface area contributed by atoms with Crippen molar-refractivity contribution in [1.29, 1.82) is 10.5 Å². The van der Waals surface area contributed by atoms with Crippen LogP contribution in [0.15, 0.2) is 182 Å². The third-order valence-electron chi connectivity index (χ3n) is 10.6. The summed E-state index contributed by atoms with van der Waals surface area (Å²) < 4.78 is 4.52. The van der Waals surface area contributed by atoms with Crippen LogP contribution in [0.5, 0.6) is 0 Å². The van der Waals surface area contributed by atoms with Crippen LogP contribution in [0, 0.1) is 22.7 Å². The maximum Gasteiger partial charge on any atom is 0.0998 e. The molecule has 0 fully saturated rings. The van der Waals surface area contributed by atoms with Gasteiger partial charge in [-0.2, -0.15) is 10.5 Å². The van der Waals surface area contributed by atoms with Gasteiger partial charge in [0.05, 0.1) is 45.3 Å². The minimum absolute atomic E-state index is 0.509. The van der Waals surface area contributed by atoms with Gasteiger partial charge < -0.3 is 9.13 Å². The van der Waals surface area contributed by atoms with E-state index in [-0.39, 0.29) is 0 Å².